The number of ether oxygens (including phenoxy) is 1. The quantitative estimate of drug-likeness (QED) is 0.732. The van der Waals surface area contributed by atoms with E-state index in [0.717, 1.165) is 25.1 Å². The van der Waals surface area contributed by atoms with Gasteiger partial charge in [-0.3, -0.25) is 9.80 Å². The van der Waals surface area contributed by atoms with Crippen LogP contribution in [0.2, 0.25) is 0 Å². The molecule has 0 unspecified atom stereocenters. The highest BCUT2D eigenvalue weighted by molar-refractivity contribution is 5.87. The van der Waals surface area contributed by atoms with E-state index in [-0.39, 0.29) is 12.1 Å². The Morgan fingerprint density at radius 1 is 1.18 bits per heavy atom. The molecule has 1 fully saturated rings. The standard InChI is InChI=1S/C23H31N3O2/c1-23(2,3)28-22(27)25(4)21-19(13-10-15-24-21)20-14-8-9-16-26(20)17-18-11-6-5-7-12-18/h5-7,10-13,15,20H,8-9,14,16-17H2,1-4H3/t20-/m1/s1. The molecule has 5 nitrogen and oxygen atoms in total. The van der Waals surface area contributed by atoms with Crippen molar-refractivity contribution in [3.8, 4) is 0 Å². The molecule has 0 spiro atoms. The van der Waals surface area contributed by atoms with Crippen LogP contribution in [0.15, 0.2) is 48.7 Å². The highest BCUT2D eigenvalue weighted by atomic mass is 16.6. The summed E-state index contributed by atoms with van der Waals surface area (Å²) in [6.45, 7) is 7.57. The summed E-state index contributed by atoms with van der Waals surface area (Å²) in [5.41, 5.74) is 1.86. The smallest absolute Gasteiger partial charge is 0.415 e. The molecule has 1 saturated heterocycles. The molecule has 1 aromatic carbocycles. The lowest BCUT2D eigenvalue weighted by Crippen LogP contribution is -2.37. The Bertz CT molecular complexity index is 786. The second kappa shape index (κ2) is 8.74. The van der Waals surface area contributed by atoms with Crippen LogP contribution in [0.5, 0.6) is 0 Å². The lowest BCUT2D eigenvalue weighted by Gasteiger charge is -2.37. The first-order valence-electron chi connectivity index (χ1n) is 10.0. The van der Waals surface area contributed by atoms with Crippen molar-refractivity contribution in [3.05, 3.63) is 59.8 Å². The topological polar surface area (TPSA) is 45.7 Å². The maximum atomic E-state index is 12.6. The van der Waals surface area contributed by atoms with Crippen molar-refractivity contribution >= 4 is 11.9 Å². The lowest BCUT2D eigenvalue weighted by molar-refractivity contribution is 0.0587. The molecule has 1 amide bonds. The van der Waals surface area contributed by atoms with Crippen LogP contribution in [0, 0.1) is 0 Å². The number of carbonyl (C=O) groups is 1. The van der Waals surface area contributed by atoms with E-state index in [0.29, 0.717) is 5.82 Å². The first-order chi connectivity index (χ1) is 13.3. The highest BCUT2D eigenvalue weighted by Crippen LogP contribution is 2.36. The summed E-state index contributed by atoms with van der Waals surface area (Å²) in [6, 6.07) is 14.8. The molecule has 0 N–H and O–H groups in total. The minimum atomic E-state index is -0.537. The molecule has 0 aliphatic carbocycles. The van der Waals surface area contributed by atoms with Crippen LogP contribution in [-0.2, 0) is 11.3 Å². The minimum absolute atomic E-state index is 0.238. The summed E-state index contributed by atoms with van der Waals surface area (Å²) < 4.78 is 5.55. The number of carbonyl (C=O) groups excluding carboxylic acids is 1. The number of aromatic nitrogens is 1. The molecule has 150 valence electrons. The van der Waals surface area contributed by atoms with E-state index in [1.807, 2.05) is 32.9 Å². The van der Waals surface area contributed by atoms with E-state index in [9.17, 15) is 4.79 Å². The molecule has 1 aliphatic rings. The van der Waals surface area contributed by atoms with Gasteiger partial charge in [-0.05, 0) is 51.8 Å². The number of hydrogen-bond acceptors (Lipinski definition) is 4. The molecule has 5 heteroatoms. The molecule has 3 rings (SSSR count). The molecule has 0 radical (unpaired) electrons. The zero-order valence-corrected chi connectivity index (χ0v) is 17.4. The molecular weight excluding hydrogens is 350 g/mol. The second-order valence-electron chi connectivity index (χ2n) is 8.42. The summed E-state index contributed by atoms with van der Waals surface area (Å²) >= 11 is 0. The third-order valence-electron chi connectivity index (χ3n) is 5.00. The van der Waals surface area contributed by atoms with E-state index >= 15 is 0 Å². The van der Waals surface area contributed by atoms with Crippen LogP contribution in [0.1, 0.15) is 57.2 Å². The van der Waals surface area contributed by atoms with Gasteiger partial charge < -0.3 is 4.74 Å². The molecule has 28 heavy (non-hydrogen) atoms. The maximum Gasteiger partial charge on any atom is 0.415 e. The average Bonchev–Trinajstić information content (AvgIpc) is 2.67. The summed E-state index contributed by atoms with van der Waals surface area (Å²) in [5.74, 6) is 0.682. The van der Waals surface area contributed by atoms with Crippen molar-refractivity contribution in [2.45, 2.75) is 58.2 Å². The van der Waals surface area contributed by atoms with Crippen molar-refractivity contribution in [2.24, 2.45) is 0 Å². The molecule has 2 aromatic rings. The van der Waals surface area contributed by atoms with E-state index in [4.69, 9.17) is 4.74 Å². The lowest BCUT2D eigenvalue weighted by atomic mass is 9.94. The number of anilines is 1. The SMILES string of the molecule is CN(C(=O)OC(C)(C)C)c1ncccc1[C@H]1CCCCN1Cc1ccccc1. The van der Waals surface area contributed by atoms with Gasteiger partial charge in [0.25, 0.3) is 0 Å². The van der Waals surface area contributed by atoms with Gasteiger partial charge in [-0.2, -0.15) is 0 Å². The minimum Gasteiger partial charge on any atom is -0.443 e. The first-order valence-corrected chi connectivity index (χ1v) is 10.0. The third-order valence-corrected chi connectivity index (χ3v) is 5.00. The number of rotatable bonds is 4. The molecule has 2 heterocycles. The van der Waals surface area contributed by atoms with Crippen LogP contribution in [0.4, 0.5) is 10.6 Å². The molecular formula is C23H31N3O2. The van der Waals surface area contributed by atoms with Crippen molar-refractivity contribution < 1.29 is 9.53 Å². The van der Waals surface area contributed by atoms with Gasteiger partial charge in [0.15, 0.2) is 0 Å². The zero-order chi connectivity index (χ0) is 20.1. The summed E-state index contributed by atoms with van der Waals surface area (Å²) in [7, 11) is 1.74. The first kappa shape index (κ1) is 20.3. The monoisotopic (exact) mass is 381 g/mol. The van der Waals surface area contributed by atoms with Crippen LogP contribution in [0.25, 0.3) is 0 Å². The predicted octanol–water partition coefficient (Wildman–Crippen LogP) is 5.18. The number of nitrogens with zero attached hydrogens (tertiary/aromatic N) is 3. The van der Waals surface area contributed by atoms with Gasteiger partial charge in [-0.1, -0.05) is 42.8 Å². The molecule has 0 saturated carbocycles. The Balaban J connectivity index is 1.86. The zero-order valence-electron chi connectivity index (χ0n) is 17.4. The fraction of sp³-hybridized carbons (Fsp3) is 0.478. The Kier molecular flexibility index (Phi) is 6.35. The van der Waals surface area contributed by atoms with Crippen molar-refractivity contribution in [1.82, 2.24) is 9.88 Å². The van der Waals surface area contributed by atoms with E-state index < -0.39 is 5.60 Å². The van der Waals surface area contributed by atoms with Gasteiger partial charge in [0.1, 0.15) is 11.4 Å². The molecule has 1 aliphatic heterocycles. The normalized spacial score (nSPS) is 17.9. The van der Waals surface area contributed by atoms with Crippen LogP contribution >= 0.6 is 0 Å². The van der Waals surface area contributed by atoms with Crippen LogP contribution in [0.3, 0.4) is 0 Å². The van der Waals surface area contributed by atoms with Crippen molar-refractivity contribution in [1.29, 1.82) is 0 Å². The number of amides is 1. The summed E-state index contributed by atoms with van der Waals surface area (Å²) in [5, 5.41) is 0. The van der Waals surface area contributed by atoms with Crippen LogP contribution in [-0.4, -0.2) is 35.2 Å². The third kappa shape index (κ3) is 5.10. The fourth-order valence-electron chi connectivity index (χ4n) is 3.72. The predicted molar refractivity (Wildman–Crippen MR) is 112 cm³/mol. The second-order valence-corrected chi connectivity index (χ2v) is 8.42. The summed E-state index contributed by atoms with van der Waals surface area (Å²) in [6.07, 6.45) is 4.80. The van der Waals surface area contributed by atoms with Gasteiger partial charge in [0.05, 0.1) is 0 Å². The number of likely N-dealkylation sites (tertiary alicyclic amines) is 1. The highest BCUT2D eigenvalue weighted by Gasteiger charge is 2.30. The van der Waals surface area contributed by atoms with Gasteiger partial charge in [0, 0.05) is 31.4 Å². The van der Waals surface area contributed by atoms with E-state index in [1.165, 1.54) is 23.3 Å². The Labute approximate surface area is 168 Å². The number of piperidine rings is 1. The summed E-state index contributed by atoms with van der Waals surface area (Å²) in [4.78, 5) is 21.2. The molecule has 1 atom stereocenters. The number of hydrogen-bond donors (Lipinski definition) is 0. The van der Waals surface area contributed by atoms with Gasteiger partial charge in [-0.25, -0.2) is 9.78 Å². The largest absolute Gasteiger partial charge is 0.443 e. The van der Waals surface area contributed by atoms with Crippen molar-refractivity contribution in [2.75, 3.05) is 18.5 Å². The Hall–Kier alpha value is -2.40. The number of pyridine rings is 1. The van der Waals surface area contributed by atoms with E-state index in [2.05, 4.69) is 40.2 Å². The molecule has 0 bridgehead atoms. The average molecular weight is 382 g/mol. The van der Waals surface area contributed by atoms with Gasteiger partial charge in [-0.15, -0.1) is 0 Å². The van der Waals surface area contributed by atoms with Gasteiger partial charge in [0.2, 0.25) is 0 Å². The Morgan fingerprint density at radius 2 is 1.93 bits per heavy atom. The van der Waals surface area contributed by atoms with Crippen LogP contribution < -0.4 is 4.90 Å². The maximum absolute atomic E-state index is 12.6. The molecule has 1 aromatic heterocycles. The fourth-order valence-corrected chi connectivity index (χ4v) is 3.72. The van der Waals surface area contributed by atoms with E-state index in [1.54, 1.807) is 13.2 Å². The Morgan fingerprint density at radius 3 is 2.64 bits per heavy atom. The van der Waals surface area contributed by atoms with Gasteiger partial charge >= 0.3 is 6.09 Å². The van der Waals surface area contributed by atoms with Crippen molar-refractivity contribution in [3.63, 3.8) is 0 Å². The number of benzene rings is 1.